The average Bonchev–Trinajstić information content (AvgIpc) is 2.30. The van der Waals surface area contributed by atoms with Gasteiger partial charge in [0.1, 0.15) is 19.3 Å². The third-order valence-corrected chi connectivity index (χ3v) is 2.37. The maximum Gasteiger partial charge on any atom is 0.325 e. The van der Waals surface area contributed by atoms with Gasteiger partial charge in [0.2, 0.25) is 0 Å². The van der Waals surface area contributed by atoms with Gasteiger partial charge in [0, 0.05) is 6.07 Å². The van der Waals surface area contributed by atoms with Crippen LogP contribution in [-0.4, -0.2) is 29.4 Å². The Balaban J connectivity index is 2.62. The van der Waals surface area contributed by atoms with Crippen LogP contribution in [0.4, 0.5) is 4.39 Å². The number of hydrogen-bond acceptors (Lipinski definition) is 5. The van der Waals surface area contributed by atoms with Crippen molar-refractivity contribution in [3.8, 4) is 17.2 Å². The number of hydrogen-bond donors (Lipinski definition) is 3. The quantitative estimate of drug-likeness (QED) is 0.694. The van der Waals surface area contributed by atoms with Crippen molar-refractivity contribution in [2.24, 2.45) is 5.73 Å². The highest BCUT2D eigenvalue weighted by Crippen LogP contribution is 2.43. The number of halogens is 1. The van der Waals surface area contributed by atoms with Crippen molar-refractivity contribution in [1.29, 1.82) is 0 Å². The summed E-state index contributed by atoms with van der Waals surface area (Å²) in [5, 5.41) is 18.3. The van der Waals surface area contributed by atoms with Crippen molar-refractivity contribution in [2.45, 2.75) is 6.04 Å². The third kappa shape index (κ3) is 1.84. The number of phenols is 1. The first kappa shape index (κ1) is 11.5. The van der Waals surface area contributed by atoms with Gasteiger partial charge in [-0.05, 0) is 0 Å². The molecule has 1 aromatic carbocycles. The number of aromatic hydroxyl groups is 1. The van der Waals surface area contributed by atoms with Gasteiger partial charge in [-0.2, -0.15) is 0 Å². The number of rotatable bonds is 2. The first-order valence-corrected chi connectivity index (χ1v) is 4.81. The normalized spacial score (nSPS) is 15.4. The van der Waals surface area contributed by atoms with Crippen molar-refractivity contribution in [3.05, 3.63) is 17.4 Å². The van der Waals surface area contributed by atoms with Crippen LogP contribution in [0.25, 0.3) is 0 Å². The molecular formula is C10H10FNO5. The molecule has 0 saturated heterocycles. The van der Waals surface area contributed by atoms with Gasteiger partial charge in [-0.15, -0.1) is 0 Å². The van der Waals surface area contributed by atoms with E-state index in [1.807, 2.05) is 0 Å². The summed E-state index contributed by atoms with van der Waals surface area (Å²) in [4.78, 5) is 10.8. The number of phenolic OH excluding ortho intramolecular Hbond substituents is 1. The predicted octanol–water partition coefficient (Wildman–Crippen LogP) is 0.387. The van der Waals surface area contributed by atoms with Crippen LogP contribution in [0, 0.1) is 5.82 Å². The van der Waals surface area contributed by atoms with Gasteiger partial charge >= 0.3 is 5.97 Å². The summed E-state index contributed by atoms with van der Waals surface area (Å²) in [5.74, 6) is -3.21. The minimum Gasteiger partial charge on any atom is -0.504 e. The third-order valence-electron chi connectivity index (χ3n) is 2.37. The van der Waals surface area contributed by atoms with Crippen LogP contribution in [-0.2, 0) is 4.79 Å². The SMILES string of the molecule is NC(C(=O)O)c1c(O)c(F)cc2c1OCCO2. The summed E-state index contributed by atoms with van der Waals surface area (Å²) in [6.07, 6.45) is 0. The Kier molecular flexibility index (Phi) is 2.76. The Labute approximate surface area is 95.4 Å². The Hall–Kier alpha value is -2.02. The van der Waals surface area contributed by atoms with Gasteiger partial charge in [0.25, 0.3) is 0 Å². The topological polar surface area (TPSA) is 102 Å². The summed E-state index contributed by atoms with van der Waals surface area (Å²) in [7, 11) is 0. The van der Waals surface area contributed by atoms with Crippen LogP contribution in [0.5, 0.6) is 17.2 Å². The smallest absolute Gasteiger partial charge is 0.325 e. The number of carboxylic acids is 1. The number of fused-ring (bicyclic) bond motifs is 1. The van der Waals surface area contributed by atoms with Crippen LogP contribution < -0.4 is 15.2 Å². The lowest BCUT2D eigenvalue weighted by Crippen LogP contribution is -2.24. The Morgan fingerprint density at radius 2 is 2.12 bits per heavy atom. The van der Waals surface area contributed by atoms with Crippen molar-refractivity contribution >= 4 is 5.97 Å². The molecule has 92 valence electrons. The molecular weight excluding hydrogens is 233 g/mol. The lowest BCUT2D eigenvalue weighted by Gasteiger charge is -2.23. The van der Waals surface area contributed by atoms with Crippen molar-refractivity contribution in [3.63, 3.8) is 0 Å². The highest BCUT2D eigenvalue weighted by atomic mass is 19.1. The lowest BCUT2D eigenvalue weighted by molar-refractivity contribution is -0.138. The van der Waals surface area contributed by atoms with E-state index >= 15 is 0 Å². The molecule has 0 bridgehead atoms. The standard InChI is InChI=1S/C10H10FNO5/c11-4-3-5-9(17-2-1-16-5)6(8(4)13)7(12)10(14)15/h3,7,13H,1-2,12H2,(H,14,15). The highest BCUT2D eigenvalue weighted by molar-refractivity contribution is 5.78. The monoisotopic (exact) mass is 243 g/mol. The molecule has 1 aliphatic heterocycles. The molecule has 2 rings (SSSR count). The minimum atomic E-state index is -1.58. The van der Waals surface area contributed by atoms with Gasteiger partial charge in [-0.3, -0.25) is 4.79 Å². The number of ether oxygens (including phenoxy) is 2. The summed E-state index contributed by atoms with van der Waals surface area (Å²) < 4.78 is 23.6. The second-order valence-corrected chi connectivity index (χ2v) is 3.46. The van der Waals surface area contributed by atoms with Crippen LogP contribution in [0.1, 0.15) is 11.6 Å². The van der Waals surface area contributed by atoms with E-state index in [4.69, 9.17) is 20.3 Å². The molecule has 0 spiro atoms. The highest BCUT2D eigenvalue weighted by Gasteiger charge is 2.30. The van der Waals surface area contributed by atoms with Crippen LogP contribution in [0.3, 0.4) is 0 Å². The second-order valence-electron chi connectivity index (χ2n) is 3.46. The van der Waals surface area contributed by atoms with Gasteiger partial charge in [0.05, 0.1) is 5.56 Å². The van der Waals surface area contributed by atoms with Crippen molar-refractivity contribution < 1.29 is 28.9 Å². The fourth-order valence-corrected chi connectivity index (χ4v) is 1.58. The molecule has 1 atom stereocenters. The molecule has 0 amide bonds. The van der Waals surface area contributed by atoms with E-state index in [9.17, 15) is 14.3 Å². The first-order valence-electron chi connectivity index (χ1n) is 4.81. The van der Waals surface area contributed by atoms with Crippen molar-refractivity contribution in [1.82, 2.24) is 0 Å². The Morgan fingerprint density at radius 1 is 1.47 bits per heavy atom. The number of benzene rings is 1. The van der Waals surface area contributed by atoms with Crippen LogP contribution >= 0.6 is 0 Å². The molecule has 0 radical (unpaired) electrons. The molecule has 1 heterocycles. The van der Waals surface area contributed by atoms with E-state index in [1.165, 1.54) is 0 Å². The van der Waals surface area contributed by atoms with Gasteiger partial charge in [-0.25, -0.2) is 4.39 Å². The van der Waals surface area contributed by atoms with Crippen LogP contribution in [0.15, 0.2) is 6.07 Å². The van der Waals surface area contributed by atoms with E-state index in [-0.39, 0.29) is 30.3 Å². The molecule has 1 unspecified atom stereocenters. The van der Waals surface area contributed by atoms with Gasteiger partial charge in [0.15, 0.2) is 23.1 Å². The van der Waals surface area contributed by atoms with Gasteiger partial charge in [-0.1, -0.05) is 0 Å². The maximum atomic E-state index is 13.4. The number of carboxylic acid groups (broad SMARTS) is 1. The lowest BCUT2D eigenvalue weighted by atomic mass is 10.0. The molecule has 0 saturated carbocycles. The van der Waals surface area contributed by atoms with E-state index < -0.39 is 23.6 Å². The maximum absolute atomic E-state index is 13.4. The molecule has 0 fully saturated rings. The first-order chi connectivity index (χ1) is 8.02. The summed E-state index contributed by atoms with van der Waals surface area (Å²) in [6.45, 7) is 0.399. The van der Waals surface area contributed by atoms with Crippen molar-refractivity contribution in [2.75, 3.05) is 13.2 Å². The molecule has 7 heteroatoms. The number of aliphatic carboxylic acids is 1. The summed E-state index contributed by atoms with van der Waals surface area (Å²) in [6, 6.07) is -0.650. The largest absolute Gasteiger partial charge is 0.504 e. The van der Waals surface area contributed by atoms with E-state index in [1.54, 1.807) is 0 Å². The molecule has 0 aliphatic carbocycles. The van der Waals surface area contributed by atoms with E-state index in [2.05, 4.69) is 0 Å². The molecule has 0 aromatic heterocycles. The van der Waals surface area contributed by atoms with Crippen LogP contribution in [0.2, 0.25) is 0 Å². The molecule has 17 heavy (non-hydrogen) atoms. The number of nitrogens with two attached hydrogens (primary N) is 1. The van der Waals surface area contributed by atoms with E-state index in [0.29, 0.717) is 0 Å². The predicted molar refractivity (Wildman–Crippen MR) is 53.6 cm³/mol. The fraction of sp³-hybridized carbons (Fsp3) is 0.300. The fourth-order valence-electron chi connectivity index (χ4n) is 1.58. The average molecular weight is 243 g/mol. The zero-order chi connectivity index (χ0) is 12.6. The van der Waals surface area contributed by atoms with Gasteiger partial charge < -0.3 is 25.4 Å². The molecule has 1 aliphatic rings. The zero-order valence-corrected chi connectivity index (χ0v) is 8.64. The zero-order valence-electron chi connectivity index (χ0n) is 8.64. The van der Waals surface area contributed by atoms with E-state index in [0.717, 1.165) is 6.07 Å². The Bertz CT molecular complexity index is 476. The summed E-state index contributed by atoms with van der Waals surface area (Å²) >= 11 is 0. The minimum absolute atomic E-state index is 0.0231. The Morgan fingerprint density at radius 3 is 2.76 bits per heavy atom. The number of carbonyl (C=O) groups is 1. The molecule has 1 aromatic rings. The summed E-state index contributed by atoms with van der Waals surface area (Å²) in [5.41, 5.74) is 5.06. The second kappa shape index (κ2) is 4.10. The molecule has 6 nitrogen and oxygen atoms in total. The molecule has 4 N–H and O–H groups in total.